The van der Waals surface area contributed by atoms with E-state index in [1.807, 2.05) is 58.9 Å². The standard InChI is InChI=1S/C24H29N5O2/c1-13(2)28-21-10-18(17-6-7-22(25)26-11-17)9-19(16(21)5)23(30)27-12-20-14(3)8-15(4)29-24(20)31/h6-11,13,28H,12H2,1-5H3,(H2,25,26)(H,27,30)(H,29,31). The monoisotopic (exact) mass is 419 g/mol. The average Bonchev–Trinajstić information content (AvgIpc) is 2.68. The van der Waals surface area contributed by atoms with Crippen LogP contribution in [0.4, 0.5) is 11.5 Å². The lowest BCUT2D eigenvalue weighted by Crippen LogP contribution is -2.28. The molecule has 31 heavy (non-hydrogen) atoms. The number of hydrogen-bond donors (Lipinski definition) is 4. The Kier molecular flexibility index (Phi) is 6.44. The SMILES string of the molecule is Cc1cc(C)c(CNC(=O)c2cc(-c3ccc(N)nc3)cc(NC(C)C)c2C)c(=O)[nH]1. The summed E-state index contributed by atoms with van der Waals surface area (Å²) in [5.41, 5.74) is 11.7. The van der Waals surface area contributed by atoms with Gasteiger partial charge in [0, 0.05) is 46.9 Å². The predicted octanol–water partition coefficient (Wildman–Crippen LogP) is 3.69. The Morgan fingerprint density at radius 2 is 1.87 bits per heavy atom. The maximum atomic E-state index is 13.1. The zero-order valence-corrected chi connectivity index (χ0v) is 18.6. The van der Waals surface area contributed by atoms with E-state index in [9.17, 15) is 9.59 Å². The number of anilines is 2. The molecule has 2 heterocycles. The number of pyridine rings is 2. The van der Waals surface area contributed by atoms with Gasteiger partial charge in [0.25, 0.3) is 11.5 Å². The Hall–Kier alpha value is -3.61. The number of nitrogen functional groups attached to an aromatic ring is 1. The number of hydrogen-bond acceptors (Lipinski definition) is 5. The van der Waals surface area contributed by atoms with Crippen molar-refractivity contribution in [1.82, 2.24) is 15.3 Å². The third kappa shape index (κ3) is 5.12. The van der Waals surface area contributed by atoms with Crippen LogP contribution < -0.4 is 21.9 Å². The van der Waals surface area contributed by atoms with Crippen molar-refractivity contribution in [2.45, 2.75) is 47.2 Å². The number of rotatable bonds is 6. The molecule has 3 aromatic rings. The van der Waals surface area contributed by atoms with E-state index in [1.54, 1.807) is 12.3 Å². The van der Waals surface area contributed by atoms with Gasteiger partial charge in [-0.05, 0) is 81.6 Å². The summed E-state index contributed by atoms with van der Waals surface area (Å²) in [5, 5.41) is 6.31. The molecule has 3 rings (SSSR count). The second kappa shape index (κ2) is 9.04. The van der Waals surface area contributed by atoms with Crippen LogP contribution in [0, 0.1) is 20.8 Å². The van der Waals surface area contributed by atoms with Crippen molar-refractivity contribution in [1.29, 1.82) is 0 Å². The molecule has 0 saturated carbocycles. The predicted molar refractivity (Wildman–Crippen MR) is 125 cm³/mol. The lowest BCUT2D eigenvalue weighted by Gasteiger charge is -2.18. The fraction of sp³-hybridized carbons (Fsp3) is 0.292. The minimum Gasteiger partial charge on any atom is -0.384 e. The molecule has 0 spiro atoms. The smallest absolute Gasteiger partial charge is 0.253 e. The van der Waals surface area contributed by atoms with Gasteiger partial charge in [-0.2, -0.15) is 0 Å². The molecule has 7 nitrogen and oxygen atoms in total. The third-order valence-corrected chi connectivity index (χ3v) is 5.14. The molecular formula is C24H29N5O2. The first kappa shape index (κ1) is 22.1. The fourth-order valence-electron chi connectivity index (χ4n) is 3.52. The van der Waals surface area contributed by atoms with Crippen LogP contribution in [0.15, 0.2) is 41.3 Å². The summed E-state index contributed by atoms with van der Waals surface area (Å²) in [6.07, 6.45) is 1.69. The second-order valence-corrected chi connectivity index (χ2v) is 8.09. The lowest BCUT2D eigenvalue weighted by atomic mass is 9.97. The largest absolute Gasteiger partial charge is 0.384 e. The zero-order chi connectivity index (χ0) is 22.7. The normalized spacial score (nSPS) is 10.9. The minimum absolute atomic E-state index is 0.153. The molecule has 0 atom stereocenters. The average molecular weight is 420 g/mol. The molecule has 7 heteroatoms. The highest BCUT2D eigenvalue weighted by Gasteiger charge is 2.16. The number of aromatic amines is 1. The van der Waals surface area contributed by atoms with Gasteiger partial charge in [0.1, 0.15) is 5.82 Å². The Morgan fingerprint density at radius 1 is 1.13 bits per heavy atom. The van der Waals surface area contributed by atoms with Gasteiger partial charge in [-0.25, -0.2) is 4.98 Å². The molecule has 162 valence electrons. The van der Waals surface area contributed by atoms with Crippen molar-refractivity contribution in [3.05, 3.63) is 74.8 Å². The van der Waals surface area contributed by atoms with Gasteiger partial charge in [0.05, 0.1) is 0 Å². The van der Waals surface area contributed by atoms with Gasteiger partial charge in [-0.15, -0.1) is 0 Å². The minimum atomic E-state index is -0.242. The van der Waals surface area contributed by atoms with E-state index in [4.69, 9.17) is 5.73 Å². The van der Waals surface area contributed by atoms with Crippen molar-refractivity contribution >= 4 is 17.4 Å². The number of amides is 1. The highest BCUT2D eigenvalue weighted by atomic mass is 16.1. The quantitative estimate of drug-likeness (QED) is 0.487. The molecule has 0 saturated heterocycles. The van der Waals surface area contributed by atoms with E-state index < -0.39 is 0 Å². The first-order chi connectivity index (χ1) is 14.7. The van der Waals surface area contributed by atoms with Gasteiger partial charge < -0.3 is 21.4 Å². The maximum Gasteiger partial charge on any atom is 0.253 e. The Morgan fingerprint density at radius 3 is 2.48 bits per heavy atom. The van der Waals surface area contributed by atoms with Gasteiger partial charge in [0.15, 0.2) is 0 Å². The molecular weight excluding hydrogens is 390 g/mol. The van der Waals surface area contributed by atoms with Crippen LogP contribution in [0.25, 0.3) is 11.1 Å². The number of aryl methyl sites for hydroxylation is 2. The molecule has 2 aromatic heterocycles. The van der Waals surface area contributed by atoms with Crippen molar-refractivity contribution in [2.75, 3.05) is 11.1 Å². The second-order valence-electron chi connectivity index (χ2n) is 8.09. The van der Waals surface area contributed by atoms with Gasteiger partial charge in [-0.1, -0.05) is 0 Å². The first-order valence-corrected chi connectivity index (χ1v) is 10.3. The van der Waals surface area contributed by atoms with Crippen LogP contribution in [0.2, 0.25) is 0 Å². The summed E-state index contributed by atoms with van der Waals surface area (Å²) < 4.78 is 0. The number of H-pyrrole nitrogens is 1. The van der Waals surface area contributed by atoms with Gasteiger partial charge >= 0.3 is 0 Å². The van der Waals surface area contributed by atoms with Crippen molar-refractivity contribution in [2.24, 2.45) is 0 Å². The van der Waals surface area contributed by atoms with Crippen LogP contribution in [0.5, 0.6) is 0 Å². The maximum absolute atomic E-state index is 13.1. The van der Waals surface area contributed by atoms with E-state index in [2.05, 4.69) is 20.6 Å². The molecule has 0 aliphatic heterocycles. The molecule has 0 fully saturated rings. The number of aromatic nitrogens is 2. The number of carbonyl (C=O) groups is 1. The molecule has 0 bridgehead atoms. The van der Waals surface area contributed by atoms with Crippen molar-refractivity contribution in [3.63, 3.8) is 0 Å². The molecule has 0 aliphatic rings. The number of nitrogens with two attached hydrogens (primary N) is 1. The fourth-order valence-corrected chi connectivity index (χ4v) is 3.52. The van der Waals surface area contributed by atoms with Crippen molar-refractivity contribution in [3.8, 4) is 11.1 Å². The number of benzene rings is 1. The molecule has 5 N–H and O–H groups in total. The summed E-state index contributed by atoms with van der Waals surface area (Å²) in [6, 6.07) is 9.56. The van der Waals surface area contributed by atoms with E-state index in [0.29, 0.717) is 16.9 Å². The number of nitrogens with zero attached hydrogens (tertiary/aromatic N) is 1. The molecule has 1 aromatic carbocycles. The molecule has 0 aliphatic carbocycles. The van der Waals surface area contributed by atoms with Crippen LogP contribution in [0.3, 0.4) is 0 Å². The highest BCUT2D eigenvalue weighted by Crippen LogP contribution is 2.29. The highest BCUT2D eigenvalue weighted by molar-refractivity contribution is 5.98. The van der Waals surface area contributed by atoms with Crippen LogP contribution in [0.1, 0.15) is 46.6 Å². The van der Waals surface area contributed by atoms with Crippen LogP contribution in [-0.2, 0) is 6.54 Å². The van der Waals surface area contributed by atoms with E-state index >= 15 is 0 Å². The van der Waals surface area contributed by atoms with Gasteiger partial charge in [0.2, 0.25) is 0 Å². The Bertz CT molecular complexity index is 1160. The summed E-state index contributed by atoms with van der Waals surface area (Å²) in [4.78, 5) is 32.4. The topological polar surface area (TPSA) is 113 Å². The van der Waals surface area contributed by atoms with E-state index in [0.717, 1.165) is 33.6 Å². The van der Waals surface area contributed by atoms with Crippen LogP contribution in [-0.4, -0.2) is 21.9 Å². The Labute approximate surface area is 182 Å². The first-order valence-electron chi connectivity index (χ1n) is 10.3. The summed E-state index contributed by atoms with van der Waals surface area (Å²) in [7, 11) is 0. The zero-order valence-electron chi connectivity index (χ0n) is 18.6. The van der Waals surface area contributed by atoms with E-state index in [-0.39, 0.29) is 24.1 Å². The molecule has 0 radical (unpaired) electrons. The number of nitrogens with one attached hydrogen (secondary N) is 3. The van der Waals surface area contributed by atoms with Crippen molar-refractivity contribution < 1.29 is 4.79 Å². The van der Waals surface area contributed by atoms with Crippen LogP contribution >= 0.6 is 0 Å². The Balaban J connectivity index is 1.96. The summed E-state index contributed by atoms with van der Waals surface area (Å²) in [6.45, 7) is 9.86. The van der Waals surface area contributed by atoms with E-state index in [1.165, 1.54) is 0 Å². The molecule has 1 amide bonds. The summed E-state index contributed by atoms with van der Waals surface area (Å²) in [5.74, 6) is 0.196. The van der Waals surface area contributed by atoms with Gasteiger partial charge in [-0.3, -0.25) is 9.59 Å². The lowest BCUT2D eigenvalue weighted by molar-refractivity contribution is 0.0950. The molecule has 0 unspecified atom stereocenters. The number of carbonyl (C=O) groups excluding carboxylic acids is 1. The summed E-state index contributed by atoms with van der Waals surface area (Å²) >= 11 is 0. The third-order valence-electron chi connectivity index (χ3n) is 5.14.